The average molecular weight is 191 g/mol. The second-order valence-corrected chi connectivity index (χ2v) is 3.16. The number of rotatable bonds is 6. The van der Waals surface area contributed by atoms with Crippen molar-refractivity contribution in [3.8, 4) is 12.3 Å². The molecule has 3 nitrogen and oxygen atoms in total. The largest absolute Gasteiger partial charge is 0.334 e. The summed E-state index contributed by atoms with van der Waals surface area (Å²) in [6, 6.07) is 0. The van der Waals surface area contributed by atoms with Gasteiger partial charge in [0.05, 0.1) is 12.0 Å². The summed E-state index contributed by atoms with van der Waals surface area (Å²) in [5, 5.41) is 3.34. The summed E-state index contributed by atoms with van der Waals surface area (Å²) in [6.45, 7) is 4.93. The molecule has 1 N–H and O–H groups in total. The first-order valence-corrected chi connectivity index (χ1v) is 5.01. The van der Waals surface area contributed by atoms with Crippen LogP contribution in [0.15, 0.2) is 12.5 Å². The van der Waals surface area contributed by atoms with Gasteiger partial charge in [0.15, 0.2) is 0 Å². The molecule has 0 radical (unpaired) electrons. The number of nitrogens with zero attached hydrogens (tertiary/aromatic N) is 2. The molecule has 1 aromatic rings. The molecule has 0 amide bonds. The zero-order chi connectivity index (χ0) is 10.2. The van der Waals surface area contributed by atoms with Gasteiger partial charge >= 0.3 is 0 Å². The van der Waals surface area contributed by atoms with Crippen molar-refractivity contribution >= 4 is 0 Å². The Bertz CT molecular complexity index is 296. The molecule has 1 heterocycles. The maximum absolute atomic E-state index is 5.16. The highest BCUT2D eigenvalue weighted by Crippen LogP contribution is 1.98. The molecule has 0 unspecified atom stereocenters. The Labute approximate surface area is 85.5 Å². The lowest BCUT2D eigenvalue weighted by molar-refractivity contribution is 0.614. The Morgan fingerprint density at radius 1 is 1.64 bits per heavy atom. The maximum atomic E-state index is 5.16. The van der Waals surface area contributed by atoms with Gasteiger partial charge in [-0.1, -0.05) is 0 Å². The summed E-state index contributed by atoms with van der Waals surface area (Å²) in [4.78, 5) is 4.10. The second-order valence-electron chi connectivity index (χ2n) is 3.16. The van der Waals surface area contributed by atoms with Gasteiger partial charge in [-0.3, -0.25) is 0 Å². The van der Waals surface area contributed by atoms with Gasteiger partial charge in [0.1, 0.15) is 0 Å². The number of unbranched alkanes of at least 4 members (excludes halogenated alkanes) is 1. The number of hydrogen-bond acceptors (Lipinski definition) is 2. The first kappa shape index (κ1) is 10.8. The summed E-state index contributed by atoms with van der Waals surface area (Å²) in [5.41, 5.74) is 1.23. The van der Waals surface area contributed by atoms with Gasteiger partial charge in [0, 0.05) is 25.7 Å². The normalized spacial score (nSPS) is 10.0. The minimum atomic E-state index is 0.847. The molecule has 76 valence electrons. The van der Waals surface area contributed by atoms with Gasteiger partial charge in [0.25, 0.3) is 0 Å². The summed E-state index contributed by atoms with van der Waals surface area (Å²) >= 11 is 0. The van der Waals surface area contributed by atoms with Gasteiger partial charge < -0.3 is 9.88 Å². The monoisotopic (exact) mass is 191 g/mol. The van der Waals surface area contributed by atoms with Crippen LogP contribution in [0.25, 0.3) is 0 Å². The van der Waals surface area contributed by atoms with E-state index in [1.807, 2.05) is 12.5 Å². The molecule has 1 rings (SSSR count). The van der Waals surface area contributed by atoms with E-state index < -0.39 is 0 Å². The Kier molecular flexibility index (Phi) is 4.81. The minimum Gasteiger partial charge on any atom is -0.334 e. The molecule has 0 aliphatic heterocycles. The zero-order valence-electron chi connectivity index (χ0n) is 8.66. The first-order chi connectivity index (χ1) is 6.88. The molecule has 0 aliphatic rings. The van der Waals surface area contributed by atoms with Crippen molar-refractivity contribution in [2.45, 2.75) is 32.9 Å². The van der Waals surface area contributed by atoms with E-state index in [0.29, 0.717) is 0 Å². The third-order valence-corrected chi connectivity index (χ3v) is 2.12. The van der Waals surface area contributed by atoms with Gasteiger partial charge in [-0.25, -0.2) is 4.98 Å². The fourth-order valence-corrected chi connectivity index (χ4v) is 1.31. The maximum Gasteiger partial charge on any atom is 0.0948 e. The molecule has 0 atom stereocenters. The highest BCUT2D eigenvalue weighted by Gasteiger charge is 1.98. The molecular formula is C11H17N3. The van der Waals surface area contributed by atoms with Crippen LogP contribution < -0.4 is 5.32 Å². The van der Waals surface area contributed by atoms with Crippen LogP contribution in [0.5, 0.6) is 0 Å². The molecule has 0 fully saturated rings. The number of terminal acetylenes is 1. The molecule has 0 aromatic carbocycles. The Hall–Kier alpha value is -1.27. The third-order valence-electron chi connectivity index (χ3n) is 2.12. The summed E-state index contributed by atoms with van der Waals surface area (Å²) in [7, 11) is 0. The van der Waals surface area contributed by atoms with E-state index in [4.69, 9.17) is 6.42 Å². The molecule has 0 bridgehead atoms. The summed E-state index contributed by atoms with van der Waals surface area (Å²) in [6.07, 6.45) is 10.8. The van der Waals surface area contributed by atoms with Crippen molar-refractivity contribution in [3.63, 3.8) is 0 Å². The van der Waals surface area contributed by atoms with E-state index in [1.165, 1.54) is 5.69 Å². The van der Waals surface area contributed by atoms with Crippen LogP contribution in [-0.2, 0) is 13.1 Å². The van der Waals surface area contributed by atoms with Crippen molar-refractivity contribution in [1.29, 1.82) is 0 Å². The second kappa shape index (κ2) is 6.22. The lowest BCUT2D eigenvalue weighted by Gasteiger charge is -2.05. The SMILES string of the molecule is C#CCCCNCc1cncn1CC. The number of aryl methyl sites for hydroxylation is 1. The third kappa shape index (κ3) is 3.23. The zero-order valence-corrected chi connectivity index (χ0v) is 8.66. The Morgan fingerprint density at radius 2 is 2.50 bits per heavy atom. The molecular weight excluding hydrogens is 174 g/mol. The number of aromatic nitrogens is 2. The topological polar surface area (TPSA) is 29.9 Å². The van der Waals surface area contributed by atoms with Crippen LogP contribution in [0.4, 0.5) is 0 Å². The van der Waals surface area contributed by atoms with Gasteiger partial charge in [-0.05, 0) is 19.9 Å². The smallest absolute Gasteiger partial charge is 0.0948 e. The number of imidazole rings is 1. The van der Waals surface area contributed by atoms with Crippen LogP contribution in [0.1, 0.15) is 25.5 Å². The van der Waals surface area contributed by atoms with E-state index >= 15 is 0 Å². The van der Waals surface area contributed by atoms with Crippen LogP contribution in [-0.4, -0.2) is 16.1 Å². The minimum absolute atomic E-state index is 0.847. The molecule has 0 spiro atoms. The van der Waals surface area contributed by atoms with Crippen molar-refractivity contribution in [2.75, 3.05) is 6.54 Å². The van der Waals surface area contributed by atoms with E-state index in [9.17, 15) is 0 Å². The van der Waals surface area contributed by atoms with Crippen molar-refractivity contribution in [1.82, 2.24) is 14.9 Å². The van der Waals surface area contributed by atoms with Crippen LogP contribution in [0, 0.1) is 12.3 Å². The average Bonchev–Trinajstić information content (AvgIpc) is 2.65. The van der Waals surface area contributed by atoms with Crippen molar-refractivity contribution in [3.05, 3.63) is 18.2 Å². The van der Waals surface area contributed by atoms with Gasteiger partial charge in [-0.2, -0.15) is 0 Å². The number of nitrogens with one attached hydrogen (secondary N) is 1. The van der Waals surface area contributed by atoms with E-state index in [2.05, 4.69) is 27.7 Å². The standard InChI is InChI=1S/C11H17N3/c1-3-5-6-7-12-8-11-9-13-10-14(11)4-2/h1,9-10,12H,4-8H2,2H3. The summed E-state index contributed by atoms with van der Waals surface area (Å²) < 4.78 is 2.13. The first-order valence-electron chi connectivity index (χ1n) is 5.01. The predicted molar refractivity (Wildman–Crippen MR) is 57.7 cm³/mol. The van der Waals surface area contributed by atoms with Crippen molar-refractivity contribution < 1.29 is 0 Å². The van der Waals surface area contributed by atoms with Crippen molar-refractivity contribution in [2.24, 2.45) is 0 Å². The van der Waals surface area contributed by atoms with Gasteiger partial charge in [-0.15, -0.1) is 12.3 Å². The van der Waals surface area contributed by atoms with E-state index in [-0.39, 0.29) is 0 Å². The molecule has 1 aromatic heterocycles. The van der Waals surface area contributed by atoms with Crippen LogP contribution in [0.3, 0.4) is 0 Å². The molecule has 14 heavy (non-hydrogen) atoms. The molecule has 0 saturated carbocycles. The van der Waals surface area contributed by atoms with Crippen LogP contribution >= 0.6 is 0 Å². The highest BCUT2D eigenvalue weighted by molar-refractivity contribution is 4.97. The lowest BCUT2D eigenvalue weighted by atomic mass is 10.3. The van der Waals surface area contributed by atoms with E-state index in [1.54, 1.807) is 0 Å². The predicted octanol–water partition coefficient (Wildman–Crippen LogP) is 1.41. The summed E-state index contributed by atoms with van der Waals surface area (Å²) in [5.74, 6) is 2.63. The van der Waals surface area contributed by atoms with E-state index in [0.717, 1.165) is 32.5 Å². The molecule has 3 heteroatoms. The quantitative estimate of drug-likeness (QED) is 0.544. The molecule has 0 aliphatic carbocycles. The fraction of sp³-hybridized carbons (Fsp3) is 0.545. The lowest BCUT2D eigenvalue weighted by Crippen LogP contribution is -2.16. The fourth-order valence-electron chi connectivity index (χ4n) is 1.31. The molecule has 0 saturated heterocycles. The van der Waals surface area contributed by atoms with Crippen LogP contribution in [0.2, 0.25) is 0 Å². The Morgan fingerprint density at radius 3 is 3.21 bits per heavy atom. The highest BCUT2D eigenvalue weighted by atomic mass is 15.1. The van der Waals surface area contributed by atoms with Gasteiger partial charge in [0.2, 0.25) is 0 Å². The number of hydrogen-bond donors (Lipinski definition) is 1. The Balaban J connectivity index is 2.21.